The van der Waals surface area contributed by atoms with E-state index in [1.54, 1.807) is 0 Å². The van der Waals surface area contributed by atoms with Crippen molar-refractivity contribution in [1.82, 2.24) is 0 Å². The highest BCUT2D eigenvalue weighted by Gasteiger charge is 2.30. The molecular weight excluding hydrogens is 917 g/mol. The molecular formula is C74H64N2. The Labute approximate surface area is 449 Å². The van der Waals surface area contributed by atoms with E-state index < -0.39 is 0 Å². The lowest BCUT2D eigenvalue weighted by Crippen LogP contribution is -2.18. The third-order valence-electron chi connectivity index (χ3n) is 16.0. The first kappa shape index (κ1) is 48.2. The number of aryl methyl sites for hydroxylation is 4. The second-order valence-electron chi connectivity index (χ2n) is 22.0. The summed E-state index contributed by atoms with van der Waals surface area (Å²) in [6.45, 7) is 20.8. The van der Waals surface area contributed by atoms with Gasteiger partial charge in [0.05, 0.1) is 22.7 Å². The zero-order valence-corrected chi connectivity index (χ0v) is 45.3. The van der Waals surface area contributed by atoms with E-state index in [1.807, 2.05) is 0 Å². The van der Waals surface area contributed by atoms with Gasteiger partial charge in [-0.05, 0) is 165 Å². The highest BCUT2D eigenvalue weighted by atomic mass is 15.2. The van der Waals surface area contributed by atoms with Gasteiger partial charge in [-0.3, -0.25) is 0 Å². The maximum absolute atomic E-state index is 2.63. The Kier molecular flexibility index (Phi) is 12.2. The molecule has 76 heavy (non-hydrogen) atoms. The van der Waals surface area contributed by atoms with Gasteiger partial charge < -0.3 is 9.80 Å². The molecule has 0 radical (unpaired) electrons. The smallest absolute Gasteiger partial charge is 0.0561 e. The number of hydrogen-bond donors (Lipinski definition) is 0. The summed E-state index contributed by atoms with van der Waals surface area (Å²) < 4.78 is 0. The van der Waals surface area contributed by atoms with Crippen molar-refractivity contribution in [3.63, 3.8) is 0 Å². The van der Waals surface area contributed by atoms with E-state index in [9.17, 15) is 0 Å². The zero-order valence-electron chi connectivity index (χ0n) is 45.3. The molecule has 0 fully saturated rings. The minimum atomic E-state index is -0.0331. The molecule has 0 amide bonds. The van der Waals surface area contributed by atoms with Gasteiger partial charge >= 0.3 is 0 Å². The van der Waals surface area contributed by atoms with E-state index in [2.05, 4.69) is 297 Å². The first-order valence-electron chi connectivity index (χ1n) is 26.8. The van der Waals surface area contributed by atoms with Crippen LogP contribution in [0.3, 0.4) is 0 Å². The lowest BCUT2D eigenvalue weighted by Gasteiger charge is -2.36. The molecule has 0 aliphatic heterocycles. The van der Waals surface area contributed by atoms with Crippen molar-refractivity contribution in [1.29, 1.82) is 0 Å². The van der Waals surface area contributed by atoms with Gasteiger partial charge in [-0.1, -0.05) is 227 Å². The molecule has 0 bridgehead atoms. The molecule has 0 saturated carbocycles. The third kappa shape index (κ3) is 8.39. The number of rotatable bonds is 10. The Hall–Kier alpha value is -8.72. The summed E-state index contributed by atoms with van der Waals surface area (Å²) in [6, 6.07) is 83.8. The Morgan fingerprint density at radius 2 is 0.658 bits per heavy atom. The fraction of sp³-hybridized carbons (Fsp3) is 0.135. The minimum Gasteiger partial charge on any atom is -0.309 e. The highest BCUT2D eigenvalue weighted by Crippen LogP contribution is 2.54. The van der Waals surface area contributed by atoms with Crippen LogP contribution in [0, 0.1) is 41.5 Å². The van der Waals surface area contributed by atoms with Crippen molar-refractivity contribution in [3.05, 3.63) is 263 Å². The summed E-state index contributed by atoms with van der Waals surface area (Å²) in [5.74, 6) is 0. The van der Waals surface area contributed by atoms with Crippen LogP contribution in [0.2, 0.25) is 0 Å². The molecule has 0 unspecified atom stereocenters. The largest absolute Gasteiger partial charge is 0.309 e. The summed E-state index contributed by atoms with van der Waals surface area (Å²) in [6.07, 6.45) is 0. The second-order valence-corrected chi connectivity index (χ2v) is 22.0. The average Bonchev–Trinajstić information content (AvgIpc) is 3.44. The summed E-state index contributed by atoms with van der Waals surface area (Å²) in [5, 5.41) is 7.46. The maximum Gasteiger partial charge on any atom is 0.0561 e. The first-order chi connectivity index (χ1) is 36.8. The van der Waals surface area contributed by atoms with E-state index in [0.29, 0.717) is 0 Å². The molecule has 12 aromatic carbocycles. The van der Waals surface area contributed by atoms with Gasteiger partial charge in [0, 0.05) is 27.5 Å². The monoisotopic (exact) mass is 981 g/mol. The molecule has 0 N–H and O–H groups in total. The van der Waals surface area contributed by atoms with Crippen LogP contribution >= 0.6 is 0 Å². The van der Waals surface area contributed by atoms with Crippen LogP contribution in [0.15, 0.2) is 224 Å². The number of anilines is 6. The lowest BCUT2D eigenvalue weighted by atomic mass is 9.83. The molecule has 0 aliphatic carbocycles. The summed E-state index contributed by atoms with van der Waals surface area (Å²) in [4.78, 5) is 5.25. The third-order valence-corrected chi connectivity index (χ3v) is 16.0. The summed E-state index contributed by atoms with van der Waals surface area (Å²) >= 11 is 0. The molecule has 0 atom stereocenters. The standard InChI is InChI=1S/C74H64N2/c1-47-30-34-57(53-22-14-10-15-23-53)44-66(47)75(72-49(3)32-38-62(51(72)5)55-26-18-12-19-27-55)68-46-69(65-41-37-60-43-61(74(7,8)9)42-59-36-40-64(68)71(65)70(59)60)76(67-45-58(35-31-48(67)2)54-24-16-11-17-25-54)73-50(4)33-39-63(52(73)6)56-28-20-13-21-29-56/h10-46H,1-9H3. The zero-order chi connectivity index (χ0) is 52.4. The Balaban J connectivity index is 1.27. The molecule has 370 valence electrons. The average molecular weight is 981 g/mol. The highest BCUT2D eigenvalue weighted by molar-refractivity contribution is 6.29. The van der Waals surface area contributed by atoms with Gasteiger partial charge in [0.2, 0.25) is 0 Å². The van der Waals surface area contributed by atoms with Crippen molar-refractivity contribution in [2.75, 3.05) is 9.80 Å². The van der Waals surface area contributed by atoms with Crippen LogP contribution in [-0.2, 0) is 5.41 Å². The Morgan fingerprint density at radius 1 is 0.289 bits per heavy atom. The quantitative estimate of drug-likeness (QED) is 0.126. The van der Waals surface area contributed by atoms with Gasteiger partial charge in [-0.2, -0.15) is 0 Å². The maximum atomic E-state index is 2.63. The van der Waals surface area contributed by atoms with E-state index >= 15 is 0 Å². The number of benzene rings is 12. The molecule has 0 aromatic heterocycles. The molecule has 2 heteroatoms. The van der Waals surface area contributed by atoms with Crippen LogP contribution in [0.5, 0.6) is 0 Å². The fourth-order valence-corrected chi connectivity index (χ4v) is 12.0. The predicted molar refractivity (Wildman–Crippen MR) is 328 cm³/mol. The normalized spacial score (nSPS) is 11.8. The summed E-state index contributed by atoms with van der Waals surface area (Å²) in [5.41, 5.74) is 25.0. The Morgan fingerprint density at radius 3 is 1.04 bits per heavy atom. The topological polar surface area (TPSA) is 6.48 Å². The van der Waals surface area contributed by atoms with Gasteiger partial charge in [0.15, 0.2) is 0 Å². The fourth-order valence-electron chi connectivity index (χ4n) is 12.0. The molecule has 2 nitrogen and oxygen atoms in total. The molecule has 0 aliphatic rings. The van der Waals surface area contributed by atoms with Gasteiger partial charge in [0.25, 0.3) is 0 Å². The molecule has 0 saturated heterocycles. The molecule has 12 aromatic rings. The van der Waals surface area contributed by atoms with Crippen LogP contribution in [0.4, 0.5) is 34.1 Å². The van der Waals surface area contributed by atoms with Crippen molar-refractivity contribution < 1.29 is 0 Å². The van der Waals surface area contributed by atoms with Gasteiger partial charge in [-0.25, -0.2) is 0 Å². The van der Waals surface area contributed by atoms with Crippen molar-refractivity contribution in [2.24, 2.45) is 0 Å². The van der Waals surface area contributed by atoms with Crippen molar-refractivity contribution in [3.8, 4) is 44.5 Å². The van der Waals surface area contributed by atoms with Gasteiger partial charge in [0.1, 0.15) is 0 Å². The lowest BCUT2D eigenvalue weighted by molar-refractivity contribution is 0.591. The van der Waals surface area contributed by atoms with E-state index in [1.165, 1.54) is 127 Å². The summed E-state index contributed by atoms with van der Waals surface area (Å²) in [7, 11) is 0. The van der Waals surface area contributed by atoms with Gasteiger partial charge in [-0.15, -0.1) is 0 Å². The van der Waals surface area contributed by atoms with E-state index in [0.717, 1.165) is 22.7 Å². The van der Waals surface area contributed by atoms with Crippen molar-refractivity contribution in [2.45, 2.75) is 67.7 Å². The van der Waals surface area contributed by atoms with E-state index in [4.69, 9.17) is 0 Å². The predicted octanol–water partition coefficient (Wildman–Crippen LogP) is 21.3. The Bertz CT molecular complexity index is 3870. The van der Waals surface area contributed by atoms with Crippen LogP contribution < -0.4 is 9.80 Å². The van der Waals surface area contributed by atoms with E-state index in [-0.39, 0.29) is 5.41 Å². The SMILES string of the molecule is Cc1ccc(-c2ccccc2)cc1N(c1c(C)ccc(-c2ccccc2)c1C)c1cc(N(c2cc(-c3ccccc3)ccc2C)c2c(C)ccc(-c3ccccc3)c2C)c2ccc3cc(C(C)(C)C)cc4ccc1c2c43. The number of nitrogens with zero attached hydrogens (tertiary/aromatic N) is 2. The molecule has 0 heterocycles. The second kappa shape index (κ2) is 19.2. The molecule has 12 rings (SSSR count). The van der Waals surface area contributed by atoms with Crippen LogP contribution in [0.25, 0.3) is 76.8 Å². The first-order valence-corrected chi connectivity index (χ1v) is 26.8. The van der Waals surface area contributed by atoms with Crippen LogP contribution in [-0.4, -0.2) is 0 Å². The van der Waals surface area contributed by atoms with Crippen molar-refractivity contribution >= 4 is 66.4 Å². The molecule has 0 spiro atoms. The van der Waals surface area contributed by atoms with Crippen LogP contribution in [0.1, 0.15) is 59.7 Å². The minimum absolute atomic E-state index is 0.0331. The number of hydrogen-bond acceptors (Lipinski definition) is 2.